The van der Waals surface area contributed by atoms with Gasteiger partial charge in [-0.05, 0) is 40.7 Å². The molecule has 2 aromatic carbocycles. The number of hydrogen-bond donors (Lipinski definition) is 1. The summed E-state index contributed by atoms with van der Waals surface area (Å²) < 4.78 is 11.6. The molecule has 28 heavy (non-hydrogen) atoms. The second-order valence-electron chi connectivity index (χ2n) is 8.83. The molecule has 1 N–H and O–H groups in total. The van der Waals surface area contributed by atoms with Gasteiger partial charge in [-0.1, -0.05) is 59.2 Å². The lowest BCUT2D eigenvalue weighted by Crippen LogP contribution is -2.19. The Bertz CT molecular complexity index is 845. The zero-order valence-electron chi connectivity index (χ0n) is 17.4. The fourth-order valence-electron chi connectivity index (χ4n) is 3.03. The van der Waals surface area contributed by atoms with Gasteiger partial charge in [-0.15, -0.1) is 0 Å². The highest BCUT2D eigenvalue weighted by Crippen LogP contribution is 2.44. The third-order valence-corrected chi connectivity index (χ3v) is 4.73. The molecular weight excluding hydrogens is 376 g/mol. The summed E-state index contributed by atoms with van der Waals surface area (Å²) in [5, 5.41) is 11.3. The van der Waals surface area contributed by atoms with Crippen LogP contribution in [0.25, 0.3) is 0 Å². The topological polar surface area (TPSA) is 55.8 Å². The second-order valence-corrected chi connectivity index (χ2v) is 9.24. The van der Waals surface area contributed by atoms with Crippen molar-refractivity contribution in [3.05, 3.63) is 52.0 Å². The Hall–Kier alpha value is -2.20. The Morgan fingerprint density at radius 2 is 1.61 bits per heavy atom. The monoisotopic (exact) mass is 404 g/mol. The van der Waals surface area contributed by atoms with Crippen molar-refractivity contribution in [2.24, 2.45) is 0 Å². The third kappa shape index (κ3) is 5.20. The molecule has 0 bridgehead atoms. The van der Waals surface area contributed by atoms with Crippen LogP contribution < -0.4 is 9.47 Å². The summed E-state index contributed by atoms with van der Waals surface area (Å²) in [5.74, 6) is 1.51. The van der Waals surface area contributed by atoms with Crippen molar-refractivity contribution < 1.29 is 19.4 Å². The van der Waals surface area contributed by atoms with E-state index in [1.165, 1.54) is 0 Å². The number of ether oxygens (including phenoxy) is 2. The van der Waals surface area contributed by atoms with E-state index in [-0.39, 0.29) is 16.6 Å². The maximum Gasteiger partial charge on any atom is 0.151 e. The van der Waals surface area contributed by atoms with E-state index in [1.807, 2.05) is 12.1 Å². The maximum absolute atomic E-state index is 10.9. The van der Waals surface area contributed by atoms with Gasteiger partial charge in [0.1, 0.15) is 30.5 Å². The van der Waals surface area contributed by atoms with Crippen LogP contribution in [-0.4, -0.2) is 24.6 Å². The molecule has 4 nitrogen and oxygen atoms in total. The Morgan fingerprint density at radius 3 is 2.14 bits per heavy atom. The molecule has 0 aliphatic carbocycles. The molecule has 0 heterocycles. The van der Waals surface area contributed by atoms with Crippen LogP contribution in [0.5, 0.6) is 17.2 Å². The lowest BCUT2D eigenvalue weighted by Gasteiger charge is -2.29. The summed E-state index contributed by atoms with van der Waals surface area (Å²) in [4.78, 5) is 10.8. The van der Waals surface area contributed by atoms with Crippen LogP contribution in [0, 0.1) is 0 Å². The zero-order chi connectivity index (χ0) is 21.1. The summed E-state index contributed by atoms with van der Waals surface area (Å²) in [7, 11) is 0. The van der Waals surface area contributed by atoms with Crippen molar-refractivity contribution in [1.29, 1.82) is 0 Å². The summed E-state index contributed by atoms with van der Waals surface area (Å²) >= 11 is 6.01. The lowest BCUT2D eigenvalue weighted by atomic mass is 9.79. The van der Waals surface area contributed by atoms with Crippen molar-refractivity contribution in [3.63, 3.8) is 0 Å². The lowest BCUT2D eigenvalue weighted by molar-refractivity contribution is 0.112. The normalized spacial score (nSPS) is 12.0. The number of rotatable bonds is 6. The standard InChI is InChI=1S/C23H29ClO4/c1-22(2,3)17-9-10-19(20(21(17)26)23(4,5)6)28-12-11-27-16-8-7-15(14-25)18(24)13-16/h7-10,13-14,26H,11-12H2,1-6H3. The largest absolute Gasteiger partial charge is 0.507 e. The fraction of sp³-hybridized carbons (Fsp3) is 0.435. The summed E-state index contributed by atoms with van der Waals surface area (Å²) in [6.45, 7) is 13.0. The number of carbonyl (C=O) groups excluding carboxylic acids is 1. The number of halogens is 1. The Balaban J connectivity index is 2.13. The van der Waals surface area contributed by atoms with E-state index >= 15 is 0 Å². The van der Waals surface area contributed by atoms with E-state index in [9.17, 15) is 9.90 Å². The Labute approximate surface area is 172 Å². The molecule has 5 heteroatoms. The molecule has 0 aliphatic rings. The molecule has 2 aromatic rings. The summed E-state index contributed by atoms with van der Waals surface area (Å²) in [6.07, 6.45) is 0.705. The van der Waals surface area contributed by atoms with E-state index in [2.05, 4.69) is 41.5 Å². The number of carbonyl (C=O) groups is 1. The van der Waals surface area contributed by atoms with Gasteiger partial charge >= 0.3 is 0 Å². The summed E-state index contributed by atoms with van der Waals surface area (Å²) in [5.41, 5.74) is 1.66. The van der Waals surface area contributed by atoms with E-state index < -0.39 is 0 Å². The van der Waals surface area contributed by atoms with Crippen LogP contribution in [0.1, 0.15) is 63.0 Å². The van der Waals surface area contributed by atoms with E-state index in [0.717, 1.165) is 11.1 Å². The van der Waals surface area contributed by atoms with Gasteiger partial charge in [0.25, 0.3) is 0 Å². The van der Waals surface area contributed by atoms with Crippen LogP contribution >= 0.6 is 11.6 Å². The molecule has 0 unspecified atom stereocenters. The van der Waals surface area contributed by atoms with Gasteiger partial charge in [-0.25, -0.2) is 0 Å². The number of phenolic OH excluding ortho intramolecular Hbond substituents is 1. The number of hydrogen-bond acceptors (Lipinski definition) is 4. The molecular formula is C23H29ClO4. The maximum atomic E-state index is 10.9. The molecule has 0 saturated carbocycles. The highest BCUT2D eigenvalue weighted by atomic mass is 35.5. The van der Waals surface area contributed by atoms with Gasteiger partial charge in [0.15, 0.2) is 6.29 Å². The molecule has 0 radical (unpaired) electrons. The minimum atomic E-state index is -0.278. The predicted molar refractivity (Wildman–Crippen MR) is 113 cm³/mol. The van der Waals surface area contributed by atoms with Crippen LogP contribution in [-0.2, 0) is 10.8 Å². The van der Waals surface area contributed by atoms with Crippen LogP contribution in [0.3, 0.4) is 0 Å². The van der Waals surface area contributed by atoms with Crippen molar-refractivity contribution >= 4 is 17.9 Å². The van der Waals surface area contributed by atoms with E-state index in [4.69, 9.17) is 21.1 Å². The average Bonchev–Trinajstić information content (AvgIpc) is 2.56. The van der Waals surface area contributed by atoms with Gasteiger partial charge in [0.05, 0.1) is 5.02 Å². The van der Waals surface area contributed by atoms with Gasteiger partial charge in [-0.2, -0.15) is 0 Å². The van der Waals surface area contributed by atoms with Crippen LogP contribution in [0.15, 0.2) is 30.3 Å². The van der Waals surface area contributed by atoms with Gasteiger partial charge in [-0.3, -0.25) is 4.79 Å². The quantitative estimate of drug-likeness (QED) is 0.480. The first-order valence-corrected chi connectivity index (χ1v) is 9.70. The SMILES string of the molecule is CC(C)(C)c1ccc(OCCOc2ccc(C=O)c(Cl)c2)c(C(C)(C)C)c1O. The number of aldehydes is 1. The molecule has 0 fully saturated rings. The third-order valence-electron chi connectivity index (χ3n) is 4.41. The average molecular weight is 405 g/mol. The molecule has 0 spiro atoms. The number of benzene rings is 2. The molecule has 0 atom stereocenters. The van der Waals surface area contributed by atoms with E-state index in [1.54, 1.807) is 18.2 Å². The van der Waals surface area contributed by atoms with Gasteiger partial charge in [0, 0.05) is 11.1 Å². The van der Waals surface area contributed by atoms with E-state index in [0.29, 0.717) is 41.6 Å². The minimum absolute atomic E-state index is 0.168. The smallest absolute Gasteiger partial charge is 0.151 e. The van der Waals surface area contributed by atoms with Crippen molar-refractivity contribution in [3.8, 4) is 17.2 Å². The Morgan fingerprint density at radius 1 is 0.964 bits per heavy atom. The summed E-state index contributed by atoms with van der Waals surface area (Å²) in [6, 6.07) is 8.75. The molecule has 0 aliphatic heterocycles. The first-order valence-electron chi connectivity index (χ1n) is 9.32. The second kappa shape index (κ2) is 8.44. The predicted octanol–water partition coefficient (Wildman–Crippen LogP) is 5.91. The molecule has 152 valence electrons. The van der Waals surface area contributed by atoms with Crippen LogP contribution in [0.4, 0.5) is 0 Å². The van der Waals surface area contributed by atoms with Crippen molar-refractivity contribution in [2.45, 2.75) is 52.4 Å². The first-order chi connectivity index (χ1) is 12.9. The van der Waals surface area contributed by atoms with Crippen molar-refractivity contribution in [2.75, 3.05) is 13.2 Å². The highest BCUT2D eigenvalue weighted by Gasteiger charge is 2.29. The number of phenols is 1. The molecule has 0 aromatic heterocycles. The van der Waals surface area contributed by atoms with Gasteiger partial charge in [0.2, 0.25) is 0 Å². The zero-order valence-corrected chi connectivity index (χ0v) is 18.2. The number of aromatic hydroxyl groups is 1. The first kappa shape index (κ1) is 22.1. The van der Waals surface area contributed by atoms with Crippen molar-refractivity contribution in [1.82, 2.24) is 0 Å². The molecule has 2 rings (SSSR count). The van der Waals surface area contributed by atoms with Gasteiger partial charge < -0.3 is 14.6 Å². The fourth-order valence-corrected chi connectivity index (χ4v) is 3.24. The molecule has 0 saturated heterocycles. The Kier molecular flexibility index (Phi) is 6.66. The highest BCUT2D eigenvalue weighted by molar-refractivity contribution is 6.33. The molecule has 0 amide bonds. The van der Waals surface area contributed by atoms with Crippen LogP contribution in [0.2, 0.25) is 5.02 Å². The minimum Gasteiger partial charge on any atom is -0.507 e.